The van der Waals surface area contributed by atoms with E-state index in [9.17, 15) is 14.7 Å². The minimum atomic E-state index is -0.561. The van der Waals surface area contributed by atoms with Gasteiger partial charge in [-0.1, -0.05) is 24.3 Å². The van der Waals surface area contributed by atoms with E-state index in [4.69, 9.17) is 10.7 Å². The van der Waals surface area contributed by atoms with Crippen LogP contribution in [-0.2, 0) is 0 Å². The second kappa shape index (κ2) is 8.77. The van der Waals surface area contributed by atoms with E-state index in [1.165, 1.54) is 17.8 Å². The van der Waals surface area contributed by atoms with Crippen molar-refractivity contribution in [1.29, 1.82) is 0 Å². The van der Waals surface area contributed by atoms with Crippen LogP contribution in [0.25, 0.3) is 16.8 Å². The highest BCUT2D eigenvalue weighted by Gasteiger charge is 2.45. The van der Waals surface area contributed by atoms with Gasteiger partial charge in [0, 0.05) is 23.6 Å². The van der Waals surface area contributed by atoms with Crippen molar-refractivity contribution in [3.63, 3.8) is 0 Å². The molecule has 2 saturated heterocycles. The van der Waals surface area contributed by atoms with Crippen molar-refractivity contribution in [2.45, 2.75) is 63.6 Å². The van der Waals surface area contributed by atoms with E-state index >= 15 is 0 Å². The average molecular weight is 501 g/mol. The van der Waals surface area contributed by atoms with Crippen molar-refractivity contribution in [2.75, 3.05) is 5.73 Å². The first kappa shape index (κ1) is 23.3. The van der Waals surface area contributed by atoms with Gasteiger partial charge in [0.2, 0.25) is 5.82 Å². The molecule has 2 unspecified atom stereocenters. The van der Waals surface area contributed by atoms with E-state index < -0.39 is 6.10 Å². The summed E-state index contributed by atoms with van der Waals surface area (Å²) in [5.74, 6) is 0.188. The van der Waals surface area contributed by atoms with Crippen LogP contribution in [-0.4, -0.2) is 63.6 Å². The molecule has 6 rings (SSSR count). The van der Waals surface area contributed by atoms with Crippen molar-refractivity contribution < 1.29 is 14.7 Å². The van der Waals surface area contributed by atoms with E-state index in [1.807, 2.05) is 29.2 Å². The molecule has 1 amide bonds. The summed E-state index contributed by atoms with van der Waals surface area (Å²) in [7, 11) is 0. The van der Waals surface area contributed by atoms with Crippen LogP contribution in [0.4, 0.5) is 5.82 Å². The lowest BCUT2D eigenvalue weighted by molar-refractivity contribution is 0.0556. The molecule has 2 fully saturated rings. The highest BCUT2D eigenvalue weighted by molar-refractivity contribution is 6.00. The standard InChI is InChI=1S/C26H28N8O3/c1-13(35)15-3-5-16(6-4-15)20-11-30-34-23(27)21(14(2)36)22(31-25(20)34)17-9-18-7-8-19(10-17)33(18)26(37)24-28-12-29-32-24/h3-6,11-13,17-19,35H,7-10,27H2,1-2H3,(H,28,29,32)/t13-,17?,18-,19?/m0/s1. The number of piperidine rings is 1. The number of nitrogens with two attached hydrogens (primary N) is 1. The van der Waals surface area contributed by atoms with Crippen LogP contribution in [0, 0.1) is 0 Å². The Labute approximate surface area is 212 Å². The van der Waals surface area contributed by atoms with Crippen LogP contribution in [0.5, 0.6) is 0 Å². The summed E-state index contributed by atoms with van der Waals surface area (Å²) in [6.45, 7) is 3.22. The molecular weight excluding hydrogens is 472 g/mol. The summed E-state index contributed by atoms with van der Waals surface area (Å²) in [4.78, 5) is 35.6. The first-order valence-electron chi connectivity index (χ1n) is 12.5. The van der Waals surface area contributed by atoms with Gasteiger partial charge in [-0.05, 0) is 50.7 Å². The lowest BCUT2D eigenvalue weighted by Gasteiger charge is -2.38. The van der Waals surface area contributed by atoms with Gasteiger partial charge in [-0.2, -0.15) is 9.61 Å². The quantitative estimate of drug-likeness (QED) is 0.353. The number of Topliss-reactive ketones (excluding diaryl/α,β-unsaturated/α-hetero) is 1. The maximum atomic E-state index is 13.1. The predicted molar refractivity (Wildman–Crippen MR) is 135 cm³/mol. The highest BCUT2D eigenvalue weighted by atomic mass is 16.3. The number of nitrogens with one attached hydrogen (secondary N) is 1. The van der Waals surface area contributed by atoms with Crippen LogP contribution in [0.15, 0.2) is 36.8 Å². The number of amides is 1. The second-order valence-electron chi connectivity index (χ2n) is 10.0. The molecule has 11 nitrogen and oxygen atoms in total. The molecule has 5 heterocycles. The fraction of sp³-hybridized carbons (Fsp3) is 0.385. The van der Waals surface area contributed by atoms with Crippen LogP contribution in [0.1, 0.15) is 83.8 Å². The van der Waals surface area contributed by atoms with Gasteiger partial charge < -0.3 is 20.7 Å². The Bertz CT molecular complexity index is 1480. The SMILES string of the molecule is CC(=O)c1c(C2CC3CC[C@@H](C2)N3C(=O)c2nnc[nH]2)nc2c(-c3ccc([C@H](C)O)cc3)cnn2c1N. The number of nitrogens with zero attached hydrogens (tertiary/aromatic N) is 6. The number of ketones is 1. The zero-order valence-corrected chi connectivity index (χ0v) is 20.6. The molecule has 37 heavy (non-hydrogen) atoms. The lowest BCUT2D eigenvalue weighted by Crippen LogP contribution is -2.46. The normalized spacial score (nSPS) is 21.9. The van der Waals surface area contributed by atoms with Crippen LogP contribution in [0.3, 0.4) is 0 Å². The maximum absolute atomic E-state index is 13.1. The molecule has 4 aromatic rings. The first-order valence-corrected chi connectivity index (χ1v) is 12.5. The molecule has 0 spiro atoms. The molecule has 1 aromatic carbocycles. The van der Waals surface area contributed by atoms with Gasteiger partial charge in [0.15, 0.2) is 11.4 Å². The monoisotopic (exact) mass is 500 g/mol. The number of hydrogen-bond acceptors (Lipinski definition) is 8. The number of aliphatic hydroxyl groups excluding tert-OH is 1. The Balaban J connectivity index is 1.40. The van der Waals surface area contributed by atoms with E-state index in [0.717, 1.165) is 29.5 Å². The third-order valence-electron chi connectivity index (χ3n) is 7.74. The summed E-state index contributed by atoms with van der Waals surface area (Å²) in [5, 5.41) is 22.0. The molecule has 190 valence electrons. The van der Waals surface area contributed by atoms with Crippen LogP contribution >= 0.6 is 0 Å². The Morgan fingerprint density at radius 1 is 1.16 bits per heavy atom. The highest BCUT2D eigenvalue weighted by Crippen LogP contribution is 2.45. The van der Waals surface area contributed by atoms with Crippen molar-refractivity contribution in [2.24, 2.45) is 0 Å². The molecule has 0 aliphatic carbocycles. The van der Waals surface area contributed by atoms with E-state index in [0.29, 0.717) is 29.7 Å². The summed E-state index contributed by atoms with van der Waals surface area (Å²) >= 11 is 0. The number of hydrogen-bond donors (Lipinski definition) is 3. The van der Waals surface area contributed by atoms with Gasteiger partial charge in [0.1, 0.15) is 12.1 Å². The summed E-state index contributed by atoms with van der Waals surface area (Å²) in [5.41, 5.74) is 10.7. The molecule has 4 N–H and O–H groups in total. The third-order valence-corrected chi connectivity index (χ3v) is 7.74. The fourth-order valence-electron chi connectivity index (χ4n) is 6.00. The fourth-order valence-corrected chi connectivity index (χ4v) is 6.00. The van der Waals surface area contributed by atoms with Crippen molar-refractivity contribution >= 4 is 23.2 Å². The predicted octanol–water partition coefficient (Wildman–Crippen LogP) is 2.90. The second-order valence-corrected chi connectivity index (χ2v) is 10.0. The van der Waals surface area contributed by atoms with Crippen molar-refractivity contribution in [3.8, 4) is 11.1 Å². The minimum absolute atomic E-state index is 0.0251. The number of fused-ring (bicyclic) bond motifs is 3. The van der Waals surface area contributed by atoms with Gasteiger partial charge in [-0.3, -0.25) is 9.59 Å². The largest absolute Gasteiger partial charge is 0.389 e. The van der Waals surface area contributed by atoms with Gasteiger partial charge in [-0.25, -0.2) is 4.98 Å². The summed E-state index contributed by atoms with van der Waals surface area (Å²) in [6.07, 6.45) is 5.70. The van der Waals surface area contributed by atoms with E-state index in [1.54, 1.807) is 13.1 Å². The van der Waals surface area contributed by atoms with Crippen molar-refractivity contribution in [3.05, 3.63) is 59.4 Å². The van der Waals surface area contributed by atoms with Crippen LogP contribution < -0.4 is 5.73 Å². The number of carbonyl (C=O) groups is 2. The molecule has 0 saturated carbocycles. The number of aromatic amines is 1. The van der Waals surface area contributed by atoms with E-state index in [2.05, 4.69) is 20.3 Å². The topological polar surface area (TPSA) is 155 Å². The molecule has 4 atom stereocenters. The zero-order valence-electron chi connectivity index (χ0n) is 20.6. The third kappa shape index (κ3) is 3.77. The van der Waals surface area contributed by atoms with Crippen molar-refractivity contribution in [1.82, 2.24) is 34.7 Å². The van der Waals surface area contributed by atoms with E-state index in [-0.39, 0.29) is 41.3 Å². The molecule has 11 heteroatoms. The van der Waals surface area contributed by atoms with Gasteiger partial charge >= 0.3 is 0 Å². The van der Waals surface area contributed by atoms with Crippen LogP contribution in [0.2, 0.25) is 0 Å². The first-order chi connectivity index (χ1) is 17.8. The number of aromatic nitrogens is 6. The number of benzene rings is 1. The summed E-state index contributed by atoms with van der Waals surface area (Å²) < 4.78 is 1.52. The number of H-pyrrole nitrogens is 1. The number of aliphatic hydroxyl groups is 1. The number of nitrogen functional groups attached to an aromatic ring is 1. The molecule has 3 aromatic heterocycles. The Morgan fingerprint density at radius 3 is 2.46 bits per heavy atom. The number of anilines is 1. The number of carbonyl (C=O) groups excluding carboxylic acids is 2. The number of rotatable bonds is 5. The maximum Gasteiger partial charge on any atom is 0.292 e. The molecule has 2 aliphatic rings. The van der Waals surface area contributed by atoms with Gasteiger partial charge in [0.25, 0.3) is 5.91 Å². The molecule has 0 radical (unpaired) electrons. The zero-order chi connectivity index (χ0) is 25.8. The smallest absolute Gasteiger partial charge is 0.292 e. The lowest BCUT2D eigenvalue weighted by atomic mass is 9.85. The molecular formula is C26H28N8O3. The summed E-state index contributed by atoms with van der Waals surface area (Å²) in [6, 6.07) is 7.63. The average Bonchev–Trinajstić information content (AvgIpc) is 3.62. The van der Waals surface area contributed by atoms with Gasteiger partial charge in [0.05, 0.1) is 23.6 Å². The Kier molecular flexibility index (Phi) is 5.52. The molecule has 2 aliphatic heterocycles. The Morgan fingerprint density at radius 2 is 1.86 bits per heavy atom. The van der Waals surface area contributed by atoms with Gasteiger partial charge in [-0.15, -0.1) is 10.2 Å². The minimum Gasteiger partial charge on any atom is -0.389 e. The Hall–Kier alpha value is -4.12. The molecule has 2 bridgehead atoms.